The Hall–Kier alpha value is -4.13. The van der Waals surface area contributed by atoms with Gasteiger partial charge in [0.15, 0.2) is 0 Å². The van der Waals surface area contributed by atoms with Gasteiger partial charge in [0.1, 0.15) is 17.3 Å². The van der Waals surface area contributed by atoms with E-state index in [0.29, 0.717) is 54.4 Å². The molecule has 1 fully saturated rings. The van der Waals surface area contributed by atoms with Gasteiger partial charge in [0, 0.05) is 32.4 Å². The van der Waals surface area contributed by atoms with Gasteiger partial charge in [0.05, 0.1) is 18.4 Å². The van der Waals surface area contributed by atoms with E-state index in [2.05, 4.69) is 9.88 Å². The number of pyridine rings is 1. The molecule has 2 amide bonds. The Balaban J connectivity index is 1.51. The number of carbonyl (C=O) groups is 2. The third-order valence-electron chi connectivity index (χ3n) is 6.36. The molecule has 2 aromatic carbocycles. The molecule has 0 saturated carbocycles. The fourth-order valence-corrected chi connectivity index (χ4v) is 4.56. The Labute approximate surface area is 198 Å². The number of hydrogen-bond acceptors (Lipinski definition) is 6. The molecule has 0 unspecified atom stereocenters. The van der Waals surface area contributed by atoms with Crippen molar-refractivity contribution in [1.29, 1.82) is 0 Å². The van der Waals surface area contributed by atoms with E-state index in [-0.39, 0.29) is 11.8 Å². The van der Waals surface area contributed by atoms with Crippen LogP contribution in [0.25, 0.3) is 5.57 Å². The molecule has 0 aliphatic carbocycles. The lowest BCUT2D eigenvalue weighted by atomic mass is 10.0. The van der Waals surface area contributed by atoms with E-state index < -0.39 is 0 Å². The number of hydrogen-bond donors (Lipinski definition) is 0. The minimum absolute atomic E-state index is 0.281. The second kappa shape index (κ2) is 9.02. The molecule has 7 heteroatoms. The van der Waals surface area contributed by atoms with Gasteiger partial charge in [0.25, 0.3) is 11.8 Å². The van der Waals surface area contributed by atoms with Gasteiger partial charge in [-0.15, -0.1) is 0 Å². The minimum Gasteiger partial charge on any atom is -0.497 e. The predicted octanol–water partition coefficient (Wildman–Crippen LogP) is 3.51. The fourth-order valence-electron chi connectivity index (χ4n) is 4.56. The Kier molecular flexibility index (Phi) is 5.76. The molecule has 0 bridgehead atoms. The second-order valence-electron chi connectivity index (χ2n) is 8.35. The number of amides is 2. The van der Waals surface area contributed by atoms with Crippen molar-refractivity contribution >= 4 is 28.9 Å². The van der Waals surface area contributed by atoms with Crippen LogP contribution in [0.1, 0.15) is 11.1 Å². The summed E-state index contributed by atoms with van der Waals surface area (Å²) < 4.78 is 5.28. The summed E-state index contributed by atoms with van der Waals surface area (Å²) in [7, 11) is 1.60. The first-order valence-corrected chi connectivity index (χ1v) is 11.3. The van der Waals surface area contributed by atoms with Crippen LogP contribution in [0.3, 0.4) is 0 Å². The van der Waals surface area contributed by atoms with Crippen LogP contribution in [0.4, 0.5) is 11.5 Å². The Morgan fingerprint density at radius 2 is 1.47 bits per heavy atom. The van der Waals surface area contributed by atoms with Crippen molar-refractivity contribution < 1.29 is 14.3 Å². The highest BCUT2D eigenvalue weighted by atomic mass is 16.5. The van der Waals surface area contributed by atoms with Gasteiger partial charge in [-0.3, -0.25) is 9.59 Å². The number of methoxy groups -OCH3 is 1. The highest BCUT2D eigenvalue weighted by Crippen LogP contribution is 2.37. The van der Waals surface area contributed by atoms with Crippen LogP contribution in [0.15, 0.2) is 78.6 Å². The lowest BCUT2D eigenvalue weighted by Gasteiger charge is -2.37. The van der Waals surface area contributed by atoms with Crippen molar-refractivity contribution in [2.75, 3.05) is 43.1 Å². The van der Waals surface area contributed by atoms with E-state index in [4.69, 9.17) is 4.74 Å². The van der Waals surface area contributed by atoms with E-state index in [0.717, 1.165) is 11.4 Å². The summed E-state index contributed by atoms with van der Waals surface area (Å²) in [5.41, 5.74) is 3.09. The average Bonchev–Trinajstić information content (AvgIpc) is 3.14. The molecule has 34 heavy (non-hydrogen) atoms. The summed E-state index contributed by atoms with van der Waals surface area (Å²) in [6.45, 7) is 4.56. The van der Waals surface area contributed by atoms with E-state index in [1.165, 1.54) is 4.90 Å². The molecule has 0 N–H and O–H groups in total. The third-order valence-corrected chi connectivity index (χ3v) is 6.36. The Bertz CT molecular complexity index is 1250. The SMILES string of the molecule is COc1ccc(C2=C(N3CCN(c4ccccn4)CC3)C(=O)N(c3ccccc3C)C2=O)cc1. The van der Waals surface area contributed by atoms with Crippen LogP contribution in [0.5, 0.6) is 5.75 Å². The van der Waals surface area contributed by atoms with E-state index >= 15 is 0 Å². The maximum atomic E-state index is 13.8. The van der Waals surface area contributed by atoms with Gasteiger partial charge in [-0.2, -0.15) is 0 Å². The van der Waals surface area contributed by atoms with Gasteiger partial charge in [-0.25, -0.2) is 9.88 Å². The summed E-state index contributed by atoms with van der Waals surface area (Å²) in [4.78, 5) is 37.5. The average molecular weight is 455 g/mol. The fraction of sp³-hybridized carbons (Fsp3) is 0.222. The lowest BCUT2D eigenvalue weighted by molar-refractivity contribution is -0.120. The zero-order valence-corrected chi connectivity index (χ0v) is 19.3. The smallest absolute Gasteiger partial charge is 0.282 e. The molecule has 172 valence electrons. The molecule has 3 heterocycles. The zero-order chi connectivity index (χ0) is 23.7. The number of piperazine rings is 1. The number of rotatable bonds is 5. The van der Waals surface area contributed by atoms with Crippen LogP contribution in [0, 0.1) is 6.92 Å². The molecule has 7 nitrogen and oxygen atoms in total. The number of para-hydroxylation sites is 1. The molecule has 1 saturated heterocycles. The second-order valence-corrected chi connectivity index (χ2v) is 8.35. The molecule has 1 aromatic heterocycles. The highest BCUT2D eigenvalue weighted by molar-refractivity contribution is 6.45. The van der Waals surface area contributed by atoms with Crippen LogP contribution in [0.2, 0.25) is 0 Å². The maximum absolute atomic E-state index is 13.8. The van der Waals surface area contributed by atoms with Crippen molar-refractivity contribution in [3.63, 3.8) is 0 Å². The molecule has 2 aliphatic heterocycles. The number of anilines is 2. The normalized spacial score (nSPS) is 16.5. The van der Waals surface area contributed by atoms with Crippen LogP contribution >= 0.6 is 0 Å². The van der Waals surface area contributed by atoms with E-state index in [9.17, 15) is 9.59 Å². The zero-order valence-electron chi connectivity index (χ0n) is 19.3. The van der Waals surface area contributed by atoms with Crippen LogP contribution in [-0.2, 0) is 9.59 Å². The van der Waals surface area contributed by atoms with Crippen molar-refractivity contribution in [3.05, 3.63) is 89.8 Å². The molecule has 0 atom stereocenters. The maximum Gasteiger partial charge on any atom is 0.282 e. The summed E-state index contributed by atoms with van der Waals surface area (Å²) in [5, 5.41) is 0. The minimum atomic E-state index is -0.299. The molecule has 0 spiro atoms. The van der Waals surface area contributed by atoms with Crippen LogP contribution < -0.4 is 14.5 Å². The number of ether oxygens (including phenoxy) is 1. The summed E-state index contributed by atoms with van der Waals surface area (Å²) >= 11 is 0. The third kappa shape index (κ3) is 3.79. The summed E-state index contributed by atoms with van der Waals surface area (Å²) in [6, 6.07) is 20.6. The number of aromatic nitrogens is 1. The first-order chi connectivity index (χ1) is 16.6. The van der Waals surface area contributed by atoms with Crippen molar-refractivity contribution in [1.82, 2.24) is 9.88 Å². The number of carbonyl (C=O) groups excluding carboxylic acids is 2. The topological polar surface area (TPSA) is 66.0 Å². The first kappa shape index (κ1) is 21.7. The van der Waals surface area contributed by atoms with Gasteiger partial charge in [0.2, 0.25) is 0 Å². The molecular formula is C27H26N4O3. The van der Waals surface area contributed by atoms with Gasteiger partial charge in [-0.05, 0) is 48.4 Å². The largest absolute Gasteiger partial charge is 0.497 e. The molecule has 5 rings (SSSR count). The number of aryl methyl sites for hydroxylation is 1. The van der Waals surface area contributed by atoms with E-state index in [1.807, 2.05) is 78.6 Å². The standard InChI is InChI=1S/C27H26N4O3/c1-19-7-3-4-8-22(19)31-26(32)24(20-10-12-21(34-2)13-11-20)25(27(31)33)30-17-15-29(16-18-30)23-9-5-6-14-28-23/h3-14H,15-18H2,1-2H3. The monoisotopic (exact) mass is 454 g/mol. The molecule has 0 radical (unpaired) electrons. The number of benzene rings is 2. The highest BCUT2D eigenvalue weighted by Gasteiger charge is 2.43. The number of nitrogens with zero attached hydrogens (tertiary/aromatic N) is 4. The molecule has 2 aliphatic rings. The van der Waals surface area contributed by atoms with Gasteiger partial charge in [-0.1, -0.05) is 36.4 Å². The quantitative estimate of drug-likeness (QED) is 0.550. The number of imide groups is 1. The molecular weight excluding hydrogens is 428 g/mol. The van der Waals surface area contributed by atoms with Gasteiger partial charge < -0.3 is 14.5 Å². The summed E-state index contributed by atoms with van der Waals surface area (Å²) in [6.07, 6.45) is 1.78. The Morgan fingerprint density at radius 1 is 0.794 bits per heavy atom. The van der Waals surface area contributed by atoms with Crippen molar-refractivity contribution in [2.24, 2.45) is 0 Å². The van der Waals surface area contributed by atoms with E-state index in [1.54, 1.807) is 13.3 Å². The Morgan fingerprint density at radius 3 is 2.12 bits per heavy atom. The first-order valence-electron chi connectivity index (χ1n) is 11.3. The van der Waals surface area contributed by atoms with Crippen molar-refractivity contribution in [2.45, 2.75) is 6.92 Å². The predicted molar refractivity (Wildman–Crippen MR) is 132 cm³/mol. The van der Waals surface area contributed by atoms with Crippen LogP contribution in [-0.4, -0.2) is 55.0 Å². The van der Waals surface area contributed by atoms with Crippen molar-refractivity contribution in [3.8, 4) is 5.75 Å². The van der Waals surface area contributed by atoms with Gasteiger partial charge >= 0.3 is 0 Å². The lowest BCUT2D eigenvalue weighted by Crippen LogP contribution is -2.48. The summed E-state index contributed by atoms with van der Waals surface area (Å²) in [5.74, 6) is 1.03. The molecule has 3 aromatic rings.